The molecule has 118 valence electrons. The average Bonchev–Trinajstić information content (AvgIpc) is 2.36. The molecule has 0 atom stereocenters. The van der Waals surface area contributed by atoms with Crippen molar-refractivity contribution >= 4 is 11.6 Å². The minimum Gasteiger partial charge on any atom is -0.384 e. The van der Waals surface area contributed by atoms with E-state index in [0.29, 0.717) is 5.41 Å². The van der Waals surface area contributed by atoms with E-state index in [9.17, 15) is 13.2 Å². The van der Waals surface area contributed by atoms with E-state index in [2.05, 4.69) is 23.8 Å². The third kappa shape index (κ3) is 3.77. The Bertz CT molecular complexity index is 503. The lowest BCUT2D eigenvalue weighted by atomic mass is 9.75. The normalized spacial score (nSPS) is 19.5. The fourth-order valence-corrected chi connectivity index (χ4v) is 2.72. The zero-order valence-electron chi connectivity index (χ0n) is 12.5. The molecule has 0 radical (unpaired) electrons. The van der Waals surface area contributed by atoms with E-state index in [1.54, 1.807) is 11.9 Å². The molecular formula is C14H21F3N4. The van der Waals surface area contributed by atoms with Gasteiger partial charge in [0.15, 0.2) is 0 Å². The van der Waals surface area contributed by atoms with E-state index in [0.717, 1.165) is 25.7 Å². The summed E-state index contributed by atoms with van der Waals surface area (Å²) in [5.74, 6) is -1.10. The summed E-state index contributed by atoms with van der Waals surface area (Å²) in [6.45, 7) is 4.43. The molecule has 21 heavy (non-hydrogen) atoms. The second-order valence-corrected chi connectivity index (χ2v) is 6.48. The fraction of sp³-hybridized carbons (Fsp3) is 0.714. The summed E-state index contributed by atoms with van der Waals surface area (Å²) in [5, 5.41) is 0. The molecule has 0 bridgehead atoms. The lowest BCUT2D eigenvalue weighted by Gasteiger charge is -2.39. The van der Waals surface area contributed by atoms with Crippen LogP contribution in [0.25, 0.3) is 0 Å². The standard InChI is InChI=1S/C14H21F3N4/c1-13(2)6-4-9(5-7-13)21(3)11-8-10(18)19-12(20-11)14(15,16)17/h8-9H,4-7H2,1-3H3,(H2,18,19,20). The highest BCUT2D eigenvalue weighted by Crippen LogP contribution is 2.38. The van der Waals surface area contributed by atoms with Crippen LogP contribution in [0.15, 0.2) is 6.07 Å². The van der Waals surface area contributed by atoms with Crippen molar-refractivity contribution in [3.05, 3.63) is 11.9 Å². The Balaban J connectivity index is 2.20. The highest BCUT2D eigenvalue weighted by Gasteiger charge is 2.36. The predicted molar refractivity (Wildman–Crippen MR) is 75.9 cm³/mol. The molecule has 1 aliphatic rings. The minimum atomic E-state index is -4.58. The van der Waals surface area contributed by atoms with Crippen molar-refractivity contribution in [1.82, 2.24) is 9.97 Å². The highest BCUT2D eigenvalue weighted by atomic mass is 19.4. The first-order chi connectivity index (χ1) is 9.58. The molecule has 1 saturated carbocycles. The number of halogens is 3. The number of hydrogen-bond acceptors (Lipinski definition) is 4. The van der Waals surface area contributed by atoms with Gasteiger partial charge in [0.2, 0.25) is 5.82 Å². The average molecular weight is 302 g/mol. The van der Waals surface area contributed by atoms with Gasteiger partial charge in [-0.3, -0.25) is 0 Å². The quantitative estimate of drug-likeness (QED) is 0.908. The summed E-state index contributed by atoms with van der Waals surface area (Å²) < 4.78 is 38.3. The molecule has 2 N–H and O–H groups in total. The van der Waals surface area contributed by atoms with Gasteiger partial charge in [-0.15, -0.1) is 0 Å². The molecule has 1 aromatic heterocycles. The van der Waals surface area contributed by atoms with Crippen LogP contribution >= 0.6 is 0 Å². The van der Waals surface area contributed by atoms with Gasteiger partial charge in [-0.2, -0.15) is 13.2 Å². The van der Waals surface area contributed by atoms with Gasteiger partial charge in [0.25, 0.3) is 0 Å². The first-order valence-electron chi connectivity index (χ1n) is 7.03. The highest BCUT2D eigenvalue weighted by molar-refractivity contribution is 5.47. The Labute approximate surface area is 122 Å². The maximum atomic E-state index is 12.8. The van der Waals surface area contributed by atoms with Gasteiger partial charge in [-0.25, -0.2) is 9.97 Å². The molecule has 1 fully saturated rings. The molecule has 1 heterocycles. The number of hydrogen-bond donors (Lipinski definition) is 1. The largest absolute Gasteiger partial charge is 0.451 e. The Morgan fingerprint density at radius 3 is 2.33 bits per heavy atom. The second-order valence-electron chi connectivity index (χ2n) is 6.48. The first kappa shape index (κ1) is 15.9. The summed E-state index contributed by atoms with van der Waals surface area (Å²) in [5.41, 5.74) is 5.79. The molecular weight excluding hydrogens is 281 g/mol. The molecule has 2 rings (SSSR count). The molecule has 7 heteroatoms. The van der Waals surface area contributed by atoms with Crippen LogP contribution in [0.3, 0.4) is 0 Å². The number of anilines is 2. The molecule has 0 amide bonds. The topological polar surface area (TPSA) is 55.0 Å². The third-order valence-electron chi connectivity index (χ3n) is 4.20. The van der Waals surface area contributed by atoms with Gasteiger partial charge in [0, 0.05) is 19.2 Å². The summed E-state index contributed by atoms with van der Waals surface area (Å²) >= 11 is 0. The number of nitrogen functional groups attached to an aromatic ring is 1. The lowest BCUT2D eigenvalue weighted by molar-refractivity contribution is -0.144. The zero-order chi connectivity index (χ0) is 15.8. The van der Waals surface area contributed by atoms with Gasteiger partial charge >= 0.3 is 6.18 Å². The molecule has 0 aliphatic heterocycles. The number of rotatable bonds is 2. The van der Waals surface area contributed by atoms with Gasteiger partial charge in [-0.1, -0.05) is 13.8 Å². The van der Waals surface area contributed by atoms with Crippen molar-refractivity contribution in [3.8, 4) is 0 Å². The van der Waals surface area contributed by atoms with Crippen LogP contribution in [0, 0.1) is 5.41 Å². The molecule has 0 unspecified atom stereocenters. The Kier molecular flexibility index (Phi) is 4.04. The van der Waals surface area contributed by atoms with E-state index < -0.39 is 12.0 Å². The lowest BCUT2D eigenvalue weighted by Crippen LogP contribution is -2.38. The number of alkyl halides is 3. The van der Waals surface area contributed by atoms with Crippen LogP contribution in [0.2, 0.25) is 0 Å². The molecule has 1 aliphatic carbocycles. The van der Waals surface area contributed by atoms with E-state index in [1.807, 2.05) is 0 Å². The Hall–Kier alpha value is -1.53. The zero-order valence-corrected chi connectivity index (χ0v) is 12.5. The number of nitrogens with zero attached hydrogens (tertiary/aromatic N) is 3. The Morgan fingerprint density at radius 2 is 1.81 bits per heavy atom. The molecule has 0 saturated heterocycles. The van der Waals surface area contributed by atoms with Crippen molar-refractivity contribution in [1.29, 1.82) is 0 Å². The summed E-state index contributed by atoms with van der Waals surface area (Å²) in [4.78, 5) is 8.69. The van der Waals surface area contributed by atoms with Crippen molar-refractivity contribution in [2.75, 3.05) is 17.7 Å². The van der Waals surface area contributed by atoms with Crippen molar-refractivity contribution in [2.45, 2.75) is 51.7 Å². The van der Waals surface area contributed by atoms with Crippen LogP contribution in [0.4, 0.5) is 24.8 Å². The number of nitrogens with two attached hydrogens (primary N) is 1. The van der Waals surface area contributed by atoms with E-state index in [4.69, 9.17) is 5.73 Å². The van der Waals surface area contributed by atoms with Crippen LogP contribution in [-0.2, 0) is 6.18 Å². The van der Waals surface area contributed by atoms with Crippen LogP contribution in [0.1, 0.15) is 45.4 Å². The van der Waals surface area contributed by atoms with E-state index in [-0.39, 0.29) is 17.7 Å². The molecule has 1 aromatic rings. The Morgan fingerprint density at radius 1 is 1.24 bits per heavy atom. The van der Waals surface area contributed by atoms with Crippen LogP contribution in [0.5, 0.6) is 0 Å². The van der Waals surface area contributed by atoms with Crippen LogP contribution in [-0.4, -0.2) is 23.1 Å². The van der Waals surface area contributed by atoms with Gasteiger partial charge < -0.3 is 10.6 Å². The van der Waals surface area contributed by atoms with Gasteiger partial charge in [0.1, 0.15) is 11.6 Å². The maximum absolute atomic E-state index is 12.8. The maximum Gasteiger partial charge on any atom is 0.451 e. The van der Waals surface area contributed by atoms with Crippen molar-refractivity contribution < 1.29 is 13.2 Å². The summed E-state index contributed by atoms with van der Waals surface area (Å²) in [7, 11) is 1.77. The van der Waals surface area contributed by atoms with Gasteiger partial charge in [-0.05, 0) is 31.1 Å². The van der Waals surface area contributed by atoms with E-state index >= 15 is 0 Å². The monoisotopic (exact) mass is 302 g/mol. The molecule has 4 nitrogen and oxygen atoms in total. The first-order valence-corrected chi connectivity index (χ1v) is 7.03. The minimum absolute atomic E-state index is 0.157. The second kappa shape index (κ2) is 5.35. The number of aromatic nitrogens is 2. The SMILES string of the molecule is CN(c1cc(N)nc(C(F)(F)F)n1)C1CCC(C)(C)CC1. The predicted octanol–water partition coefficient (Wildman–Crippen LogP) is 3.48. The molecule has 0 aromatic carbocycles. The van der Waals surface area contributed by atoms with Crippen molar-refractivity contribution in [3.63, 3.8) is 0 Å². The fourth-order valence-electron chi connectivity index (χ4n) is 2.72. The smallest absolute Gasteiger partial charge is 0.384 e. The summed E-state index contributed by atoms with van der Waals surface area (Å²) in [6, 6.07) is 1.59. The van der Waals surface area contributed by atoms with Crippen LogP contribution < -0.4 is 10.6 Å². The van der Waals surface area contributed by atoms with Crippen molar-refractivity contribution in [2.24, 2.45) is 5.41 Å². The summed E-state index contributed by atoms with van der Waals surface area (Å²) in [6.07, 6.45) is -0.605. The van der Waals surface area contributed by atoms with E-state index in [1.165, 1.54) is 6.07 Å². The third-order valence-corrected chi connectivity index (χ3v) is 4.20. The van der Waals surface area contributed by atoms with Gasteiger partial charge in [0.05, 0.1) is 0 Å². The molecule has 0 spiro atoms.